The number of alkyl halides is 1. The Balaban J connectivity index is 2.13. The second-order valence-electron chi connectivity index (χ2n) is 5.48. The molecule has 7 heteroatoms. The largest absolute Gasteiger partial charge is 0.493 e. The summed E-state index contributed by atoms with van der Waals surface area (Å²) < 4.78 is 15.8. The first-order valence-corrected chi connectivity index (χ1v) is 8.16. The number of rotatable bonds is 4. The first-order valence-electron chi connectivity index (χ1n) is 7.72. The Hall–Kier alpha value is -2.86. The van der Waals surface area contributed by atoms with Gasteiger partial charge in [-0.2, -0.15) is 0 Å². The lowest BCUT2D eigenvalue weighted by atomic mass is 9.88. The lowest BCUT2D eigenvalue weighted by Crippen LogP contribution is -2.37. The molecule has 0 amide bonds. The van der Waals surface area contributed by atoms with Crippen LogP contribution in [0.1, 0.15) is 20.7 Å². The minimum atomic E-state index is -1.16. The molecule has 1 aliphatic rings. The van der Waals surface area contributed by atoms with E-state index in [1.165, 1.54) is 21.3 Å². The normalized spacial score (nSPS) is 17.8. The Kier molecular flexibility index (Phi) is 4.95. The van der Waals surface area contributed by atoms with E-state index in [-0.39, 0.29) is 17.3 Å². The highest BCUT2D eigenvalue weighted by Crippen LogP contribution is 2.41. The van der Waals surface area contributed by atoms with E-state index in [0.29, 0.717) is 34.1 Å². The Morgan fingerprint density at radius 1 is 0.923 bits per heavy atom. The number of ether oxygens (including phenoxy) is 3. The van der Waals surface area contributed by atoms with Crippen LogP contribution < -0.4 is 14.2 Å². The average molecular weight is 374 g/mol. The molecular weight excluding hydrogens is 358 g/mol. The number of methoxy groups -OCH3 is 3. The Labute approximate surface area is 155 Å². The molecule has 0 bridgehead atoms. The molecule has 1 unspecified atom stereocenters. The smallest absolute Gasteiger partial charge is 0.209 e. The third-order valence-electron chi connectivity index (χ3n) is 4.04. The third kappa shape index (κ3) is 2.93. The molecule has 2 aromatic rings. The summed E-state index contributed by atoms with van der Waals surface area (Å²) >= 11 is 6.22. The van der Waals surface area contributed by atoms with Crippen LogP contribution in [0.15, 0.2) is 41.4 Å². The van der Waals surface area contributed by atoms with E-state index in [9.17, 15) is 9.59 Å². The molecule has 3 rings (SSSR count). The van der Waals surface area contributed by atoms with Gasteiger partial charge in [-0.15, -0.1) is 11.6 Å². The highest BCUT2D eigenvalue weighted by Gasteiger charge is 2.37. The summed E-state index contributed by atoms with van der Waals surface area (Å²) in [6.07, 6.45) is 0. The van der Waals surface area contributed by atoms with E-state index in [0.717, 1.165) is 0 Å². The van der Waals surface area contributed by atoms with Gasteiger partial charge in [-0.3, -0.25) is 9.59 Å². The maximum Gasteiger partial charge on any atom is 0.209 e. The van der Waals surface area contributed by atoms with Crippen LogP contribution in [0.3, 0.4) is 0 Å². The van der Waals surface area contributed by atoms with Crippen LogP contribution in [0.2, 0.25) is 0 Å². The van der Waals surface area contributed by atoms with Crippen molar-refractivity contribution >= 4 is 34.6 Å². The fourth-order valence-electron chi connectivity index (χ4n) is 2.79. The second kappa shape index (κ2) is 7.17. The van der Waals surface area contributed by atoms with Gasteiger partial charge in [0.05, 0.1) is 27.0 Å². The monoisotopic (exact) mass is 373 g/mol. The topological polar surface area (TPSA) is 74.2 Å². The number of fused-ring (bicyclic) bond motifs is 1. The number of Topliss-reactive ketones (excluding diaryl/α,β-unsaturated/α-hetero) is 2. The highest BCUT2D eigenvalue weighted by molar-refractivity contribution is 6.65. The third-order valence-corrected chi connectivity index (χ3v) is 4.44. The summed E-state index contributed by atoms with van der Waals surface area (Å²) in [6.45, 7) is 0. The maximum absolute atomic E-state index is 12.8. The zero-order valence-electron chi connectivity index (χ0n) is 14.4. The molecule has 0 saturated carbocycles. The van der Waals surface area contributed by atoms with E-state index < -0.39 is 5.38 Å². The number of hydrogen-bond donors (Lipinski definition) is 0. The number of aliphatic imine (C=N–C) groups is 1. The summed E-state index contributed by atoms with van der Waals surface area (Å²) in [4.78, 5) is 29.6. The van der Waals surface area contributed by atoms with Crippen LogP contribution in [0.25, 0.3) is 0 Å². The SMILES string of the molecule is COc1cc(N=C2C(=O)c3ccccc3C(=O)C2Cl)cc(OC)c1OC. The van der Waals surface area contributed by atoms with Crippen molar-refractivity contribution in [2.75, 3.05) is 21.3 Å². The standard InChI is InChI=1S/C19H16ClNO5/c1-24-13-8-10(9-14(25-2)19(13)26-3)21-16-15(20)17(22)11-6-4-5-7-12(11)18(16)23/h4-9,15H,1-3H3. The molecule has 0 N–H and O–H groups in total. The summed E-state index contributed by atoms with van der Waals surface area (Å²) in [6, 6.07) is 9.71. The molecule has 26 heavy (non-hydrogen) atoms. The van der Waals surface area contributed by atoms with Crippen molar-refractivity contribution in [1.82, 2.24) is 0 Å². The van der Waals surface area contributed by atoms with Crippen LogP contribution in [-0.2, 0) is 0 Å². The van der Waals surface area contributed by atoms with Crippen molar-refractivity contribution in [2.45, 2.75) is 5.38 Å². The molecule has 6 nitrogen and oxygen atoms in total. The lowest BCUT2D eigenvalue weighted by molar-refractivity contribution is 0.0968. The maximum atomic E-state index is 12.8. The molecule has 134 valence electrons. The van der Waals surface area contributed by atoms with E-state index in [2.05, 4.69) is 4.99 Å². The molecule has 0 heterocycles. The number of ketones is 2. The second-order valence-corrected chi connectivity index (χ2v) is 5.92. The molecule has 1 atom stereocenters. The average Bonchev–Trinajstić information content (AvgIpc) is 2.68. The summed E-state index contributed by atoms with van der Waals surface area (Å²) in [7, 11) is 4.44. The summed E-state index contributed by atoms with van der Waals surface area (Å²) in [5.41, 5.74) is 0.923. The Bertz CT molecular complexity index is 897. The van der Waals surface area contributed by atoms with Crippen molar-refractivity contribution in [3.8, 4) is 17.2 Å². The summed E-state index contributed by atoms with van der Waals surface area (Å²) in [5, 5.41) is -1.16. The lowest BCUT2D eigenvalue weighted by Gasteiger charge is -2.20. The van der Waals surface area contributed by atoms with E-state index >= 15 is 0 Å². The molecule has 0 spiro atoms. The fourth-order valence-corrected chi connectivity index (χ4v) is 3.05. The minimum Gasteiger partial charge on any atom is -0.493 e. The molecule has 1 aliphatic carbocycles. The van der Waals surface area contributed by atoms with Gasteiger partial charge in [0.1, 0.15) is 11.1 Å². The van der Waals surface area contributed by atoms with Gasteiger partial charge in [-0.05, 0) is 0 Å². The van der Waals surface area contributed by atoms with Gasteiger partial charge in [0.15, 0.2) is 17.3 Å². The van der Waals surface area contributed by atoms with Crippen molar-refractivity contribution in [2.24, 2.45) is 4.99 Å². The molecule has 2 aromatic carbocycles. The zero-order chi connectivity index (χ0) is 18.8. The van der Waals surface area contributed by atoms with E-state index in [1.807, 2.05) is 0 Å². The van der Waals surface area contributed by atoms with Gasteiger partial charge in [0.25, 0.3) is 0 Å². The van der Waals surface area contributed by atoms with Crippen LogP contribution in [-0.4, -0.2) is 44.0 Å². The first kappa shape index (κ1) is 17.9. The van der Waals surface area contributed by atoms with Crippen LogP contribution in [0, 0.1) is 0 Å². The van der Waals surface area contributed by atoms with Gasteiger partial charge in [0.2, 0.25) is 11.5 Å². The van der Waals surface area contributed by atoms with E-state index in [1.54, 1.807) is 36.4 Å². The minimum absolute atomic E-state index is 0.0374. The quantitative estimate of drug-likeness (QED) is 0.767. The van der Waals surface area contributed by atoms with Crippen molar-refractivity contribution in [3.63, 3.8) is 0 Å². The fraction of sp³-hybridized carbons (Fsp3) is 0.211. The zero-order valence-corrected chi connectivity index (χ0v) is 15.2. The highest BCUT2D eigenvalue weighted by atomic mass is 35.5. The molecule has 0 aromatic heterocycles. The predicted molar refractivity (Wildman–Crippen MR) is 97.9 cm³/mol. The van der Waals surface area contributed by atoms with Crippen LogP contribution >= 0.6 is 11.6 Å². The Morgan fingerprint density at radius 2 is 1.50 bits per heavy atom. The van der Waals surface area contributed by atoms with Crippen molar-refractivity contribution in [1.29, 1.82) is 0 Å². The number of halogens is 1. The number of benzene rings is 2. The Morgan fingerprint density at radius 3 is 2.04 bits per heavy atom. The predicted octanol–water partition coefficient (Wildman–Crippen LogP) is 3.47. The molecular formula is C19H16ClNO5. The van der Waals surface area contributed by atoms with E-state index in [4.69, 9.17) is 25.8 Å². The molecule has 0 saturated heterocycles. The van der Waals surface area contributed by atoms with Gasteiger partial charge < -0.3 is 14.2 Å². The number of nitrogens with zero attached hydrogens (tertiary/aromatic N) is 1. The van der Waals surface area contributed by atoms with Gasteiger partial charge in [-0.25, -0.2) is 4.99 Å². The first-order chi connectivity index (χ1) is 12.5. The van der Waals surface area contributed by atoms with Crippen LogP contribution in [0.5, 0.6) is 17.2 Å². The van der Waals surface area contributed by atoms with Gasteiger partial charge in [-0.1, -0.05) is 24.3 Å². The van der Waals surface area contributed by atoms with Gasteiger partial charge >= 0.3 is 0 Å². The molecule has 0 aliphatic heterocycles. The molecule has 0 fully saturated rings. The number of carbonyl (C=O) groups excluding carboxylic acids is 2. The summed E-state index contributed by atoms with van der Waals surface area (Å²) in [5.74, 6) is 0.430. The van der Waals surface area contributed by atoms with Gasteiger partial charge in [0, 0.05) is 23.3 Å². The number of carbonyl (C=O) groups is 2. The number of hydrogen-bond acceptors (Lipinski definition) is 6. The molecule has 0 radical (unpaired) electrons. The van der Waals surface area contributed by atoms with Crippen LogP contribution in [0.4, 0.5) is 5.69 Å². The van der Waals surface area contributed by atoms with Crippen molar-refractivity contribution in [3.05, 3.63) is 47.5 Å². The van der Waals surface area contributed by atoms with Crippen molar-refractivity contribution < 1.29 is 23.8 Å².